The Labute approximate surface area is 174 Å². The largest absolute Gasteiger partial charge is 0.416 e. The lowest BCUT2D eigenvalue weighted by atomic mass is 10.1. The lowest BCUT2D eigenvalue weighted by Crippen LogP contribution is -2.37. The molecule has 8 heteroatoms. The van der Waals surface area contributed by atoms with E-state index in [1.54, 1.807) is 6.07 Å². The Morgan fingerprint density at radius 2 is 2.00 bits per heavy atom. The Morgan fingerprint density at radius 3 is 2.63 bits per heavy atom. The van der Waals surface area contributed by atoms with Crippen LogP contribution in [-0.4, -0.2) is 23.6 Å². The SMILES string of the molecule is CCNC(=NCc1ccn(C)c1)NCC#Cc1cccc(C(F)(F)F)c1.I. The summed E-state index contributed by atoms with van der Waals surface area (Å²) < 4.78 is 40.0. The summed E-state index contributed by atoms with van der Waals surface area (Å²) in [5.41, 5.74) is 0.711. The molecule has 27 heavy (non-hydrogen) atoms. The zero-order valence-corrected chi connectivity index (χ0v) is 17.4. The number of aryl methyl sites for hydroxylation is 1. The predicted molar refractivity (Wildman–Crippen MR) is 112 cm³/mol. The maximum absolute atomic E-state index is 12.7. The highest BCUT2D eigenvalue weighted by Gasteiger charge is 2.30. The van der Waals surface area contributed by atoms with Crippen molar-refractivity contribution in [2.45, 2.75) is 19.6 Å². The van der Waals surface area contributed by atoms with Gasteiger partial charge < -0.3 is 15.2 Å². The first-order valence-corrected chi connectivity index (χ1v) is 8.17. The molecule has 2 N–H and O–H groups in total. The summed E-state index contributed by atoms with van der Waals surface area (Å²) in [6, 6.07) is 6.97. The second kappa shape index (κ2) is 10.9. The fourth-order valence-electron chi connectivity index (χ4n) is 2.21. The second-order valence-electron chi connectivity index (χ2n) is 5.61. The number of nitrogens with zero attached hydrogens (tertiary/aromatic N) is 2. The Balaban J connectivity index is 0.00000364. The van der Waals surface area contributed by atoms with Gasteiger partial charge in [0.25, 0.3) is 0 Å². The quantitative estimate of drug-likeness (QED) is 0.297. The number of halogens is 4. The maximum atomic E-state index is 12.7. The van der Waals surface area contributed by atoms with E-state index >= 15 is 0 Å². The van der Waals surface area contributed by atoms with Crippen LogP contribution in [0.25, 0.3) is 0 Å². The third-order valence-corrected chi connectivity index (χ3v) is 3.42. The minimum Gasteiger partial charge on any atom is -0.357 e. The third kappa shape index (κ3) is 7.95. The van der Waals surface area contributed by atoms with Crippen molar-refractivity contribution in [1.29, 1.82) is 0 Å². The number of aromatic nitrogens is 1. The molecule has 0 bridgehead atoms. The molecule has 2 aromatic rings. The molecule has 0 atom stereocenters. The van der Waals surface area contributed by atoms with Crippen molar-refractivity contribution in [3.63, 3.8) is 0 Å². The average Bonchev–Trinajstić information content (AvgIpc) is 3.01. The number of benzene rings is 1. The van der Waals surface area contributed by atoms with Crippen LogP contribution in [0.2, 0.25) is 0 Å². The summed E-state index contributed by atoms with van der Waals surface area (Å²) in [4.78, 5) is 4.45. The standard InChI is InChI=1S/C19H21F3N4.HI/c1-3-23-18(25-13-16-9-11-26(2)14-16)24-10-5-7-15-6-4-8-17(12-15)19(20,21)22;/h4,6,8-9,11-12,14H,3,10,13H2,1-2H3,(H2,23,24,25);1H. The highest BCUT2D eigenvalue weighted by molar-refractivity contribution is 14.0. The van der Waals surface area contributed by atoms with Crippen molar-refractivity contribution in [3.05, 3.63) is 59.4 Å². The lowest BCUT2D eigenvalue weighted by Gasteiger charge is -2.08. The molecule has 0 unspecified atom stereocenters. The molecule has 1 aromatic heterocycles. The van der Waals surface area contributed by atoms with Crippen LogP contribution >= 0.6 is 24.0 Å². The van der Waals surface area contributed by atoms with Crippen molar-refractivity contribution < 1.29 is 13.2 Å². The molecule has 0 saturated heterocycles. The first-order valence-electron chi connectivity index (χ1n) is 8.17. The molecule has 2 rings (SSSR count). The number of nitrogens with one attached hydrogen (secondary N) is 2. The van der Waals surface area contributed by atoms with Gasteiger partial charge in [-0.2, -0.15) is 13.2 Å². The molecule has 0 saturated carbocycles. The monoisotopic (exact) mass is 490 g/mol. The lowest BCUT2D eigenvalue weighted by molar-refractivity contribution is -0.137. The third-order valence-electron chi connectivity index (χ3n) is 3.42. The van der Waals surface area contributed by atoms with E-state index < -0.39 is 11.7 Å². The number of aliphatic imine (C=N–C) groups is 1. The molecule has 0 fully saturated rings. The minimum atomic E-state index is -4.36. The van der Waals surface area contributed by atoms with Gasteiger partial charge >= 0.3 is 6.18 Å². The zero-order valence-electron chi connectivity index (χ0n) is 15.1. The number of guanidine groups is 1. The van der Waals surface area contributed by atoms with Crippen LogP contribution in [0.3, 0.4) is 0 Å². The van der Waals surface area contributed by atoms with E-state index in [1.165, 1.54) is 6.07 Å². The van der Waals surface area contributed by atoms with Crippen molar-refractivity contribution in [3.8, 4) is 11.8 Å². The van der Waals surface area contributed by atoms with Crippen molar-refractivity contribution >= 4 is 29.9 Å². The molecular weight excluding hydrogens is 468 g/mol. The summed E-state index contributed by atoms with van der Waals surface area (Å²) in [5, 5.41) is 6.15. The van der Waals surface area contributed by atoms with Crippen LogP contribution in [0.4, 0.5) is 13.2 Å². The van der Waals surface area contributed by atoms with Gasteiger partial charge in [-0.3, -0.25) is 0 Å². The van der Waals surface area contributed by atoms with E-state index in [0.717, 1.165) is 17.7 Å². The molecular formula is C19H22F3IN4. The average molecular weight is 490 g/mol. The van der Waals surface area contributed by atoms with Gasteiger partial charge in [-0.1, -0.05) is 17.9 Å². The highest BCUT2D eigenvalue weighted by Crippen LogP contribution is 2.29. The van der Waals surface area contributed by atoms with Crippen molar-refractivity contribution in [1.82, 2.24) is 15.2 Å². The first kappa shape index (κ1) is 22.9. The normalized spacial score (nSPS) is 11.2. The topological polar surface area (TPSA) is 41.4 Å². The second-order valence-corrected chi connectivity index (χ2v) is 5.61. The van der Waals surface area contributed by atoms with Gasteiger partial charge in [0.05, 0.1) is 18.7 Å². The van der Waals surface area contributed by atoms with Crippen LogP contribution < -0.4 is 10.6 Å². The molecule has 0 aliphatic rings. The van der Waals surface area contributed by atoms with E-state index in [9.17, 15) is 13.2 Å². The summed E-state index contributed by atoms with van der Waals surface area (Å²) in [5.74, 6) is 6.16. The summed E-state index contributed by atoms with van der Waals surface area (Å²) in [6.45, 7) is 3.45. The number of hydrogen-bond donors (Lipinski definition) is 2. The van der Waals surface area contributed by atoms with E-state index in [2.05, 4.69) is 27.5 Å². The Hall–Kier alpha value is -2.15. The first-order chi connectivity index (χ1) is 12.4. The molecule has 0 aliphatic heterocycles. The van der Waals surface area contributed by atoms with Crippen LogP contribution in [0.15, 0.2) is 47.7 Å². The zero-order chi connectivity index (χ0) is 19.0. The van der Waals surface area contributed by atoms with Crippen molar-refractivity contribution in [2.75, 3.05) is 13.1 Å². The van der Waals surface area contributed by atoms with Crippen LogP contribution in [-0.2, 0) is 19.8 Å². The number of alkyl halides is 3. The van der Waals surface area contributed by atoms with Gasteiger partial charge in [-0.15, -0.1) is 24.0 Å². The van der Waals surface area contributed by atoms with Gasteiger partial charge in [-0.25, -0.2) is 4.99 Å². The van der Waals surface area contributed by atoms with Gasteiger partial charge in [0.2, 0.25) is 0 Å². The molecule has 0 radical (unpaired) electrons. The van der Waals surface area contributed by atoms with Crippen molar-refractivity contribution in [2.24, 2.45) is 12.0 Å². The summed E-state index contributed by atoms with van der Waals surface area (Å²) >= 11 is 0. The molecule has 0 amide bonds. The predicted octanol–water partition coefficient (Wildman–Crippen LogP) is 3.77. The van der Waals surface area contributed by atoms with Crippen LogP contribution in [0.5, 0.6) is 0 Å². The number of rotatable bonds is 4. The van der Waals surface area contributed by atoms with E-state index in [0.29, 0.717) is 24.6 Å². The molecule has 0 spiro atoms. The fourth-order valence-corrected chi connectivity index (χ4v) is 2.21. The maximum Gasteiger partial charge on any atom is 0.416 e. The van der Waals surface area contributed by atoms with E-state index in [1.807, 2.05) is 37.0 Å². The molecule has 0 aliphatic carbocycles. The Morgan fingerprint density at radius 1 is 1.22 bits per heavy atom. The summed E-state index contributed by atoms with van der Waals surface area (Å²) in [6.07, 6.45) is -0.426. The number of hydrogen-bond acceptors (Lipinski definition) is 1. The van der Waals surface area contributed by atoms with Crippen LogP contribution in [0, 0.1) is 11.8 Å². The van der Waals surface area contributed by atoms with Gasteiger partial charge in [0, 0.05) is 31.5 Å². The molecule has 1 aromatic carbocycles. The summed E-state index contributed by atoms with van der Waals surface area (Å²) in [7, 11) is 1.94. The molecule has 146 valence electrons. The smallest absolute Gasteiger partial charge is 0.357 e. The van der Waals surface area contributed by atoms with Gasteiger partial charge in [0.1, 0.15) is 0 Å². The molecule has 1 heterocycles. The Kier molecular flexibility index (Phi) is 9.21. The van der Waals surface area contributed by atoms with Gasteiger partial charge in [0.15, 0.2) is 5.96 Å². The van der Waals surface area contributed by atoms with Crippen LogP contribution in [0.1, 0.15) is 23.6 Å². The fraction of sp³-hybridized carbons (Fsp3) is 0.316. The Bertz CT molecular complexity index is 816. The van der Waals surface area contributed by atoms with Gasteiger partial charge in [-0.05, 0) is 36.8 Å². The van der Waals surface area contributed by atoms with E-state index in [-0.39, 0.29) is 30.5 Å². The van der Waals surface area contributed by atoms with E-state index in [4.69, 9.17) is 0 Å². The minimum absolute atomic E-state index is 0. The molecule has 4 nitrogen and oxygen atoms in total. The highest BCUT2D eigenvalue weighted by atomic mass is 127.